The quantitative estimate of drug-likeness (QED) is 0.701. The zero-order valence-corrected chi connectivity index (χ0v) is 11.3. The number of aromatic amines is 1. The summed E-state index contributed by atoms with van der Waals surface area (Å²) in [6.45, 7) is 0.0893. The van der Waals surface area contributed by atoms with E-state index in [1.54, 1.807) is 0 Å². The third kappa shape index (κ3) is 2.45. The lowest BCUT2D eigenvalue weighted by atomic mass is 10.3. The second-order valence-corrected chi connectivity index (χ2v) is 4.94. The molecule has 10 nitrogen and oxygen atoms in total. The first-order valence-corrected chi connectivity index (χ1v) is 6.73. The maximum atomic E-state index is 11.7. The van der Waals surface area contributed by atoms with E-state index in [0.717, 1.165) is 18.6 Å². The van der Waals surface area contributed by atoms with Crippen LogP contribution >= 0.6 is 0 Å². The zero-order chi connectivity index (χ0) is 14.9. The summed E-state index contributed by atoms with van der Waals surface area (Å²) in [5.74, 6) is 1.53. The van der Waals surface area contributed by atoms with E-state index in [4.69, 9.17) is 9.05 Å². The van der Waals surface area contributed by atoms with Crippen LogP contribution in [0.4, 0.5) is 0 Å². The van der Waals surface area contributed by atoms with E-state index in [1.165, 1.54) is 6.20 Å². The average molecular weight is 301 g/mol. The van der Waals surface area contributed by atoms with Gasteiger partial charge in [-0.1, -0.05) is 10.3 Å². The molecule has 0 saturated heterocycles. The summed E-state index contributed by atoms with van der Waals surface area (Å²) < 4.78 is 10.3. The molecule has 22 heavy (non-hydrogen) atoms. The lowest BCUT2D eigenvalue weighted by Crippen LogP contribution is -2.23. The van der Waals surface area contributed by atoms with E-state index in [1.807, 2.05) is 6.07 Å². The van der Waals surface area contributed by atoms with E-state index in [9.17, 15) is 4.79 Å². The molecule has 112 valence electrons. The van der Waals surface area contributed by atoms with Gasteiger partial charge in [0, 0.05) is 12.0 Å². The first-order chi connectivity index (χ1) is 10.8. The van der Waals surface area contributed by atoms with Crippen molar-refractivity contribution in [1.82, 2.24) is 36.0 Å². The number of aromatic nitrogens is 6. The van der Waals surface area contributed by atoms with Gasteiger partial charge in [0.2, 0.25) is 11.7 Å². The van der Waals surface area contributed by atoms with Gasteiger partial charge in [0.05, 0.1) is 12.7 Å². The molecule has 0 atom stereocenters. The first-order valence-electron chi connectivity index (χ1n) is 6.73. The third-order valence-electron chi connectivity index (χ3n) is 3.25. The number of amides is 1. The van der Waals surface area contributed by atoms with Gasteiger partial charge in [-0.15, -0.1) is 0 Å². The maximum Gasteiger partial charge on any atom is 0.273 e. The van der Waals surface area contributed by atoms with Gasteiger partial charge in [0.25, 0.3) is 5.91 Å². The summed E-state index contributed by atoms with van der Waals surface area (Å²) in [5.41, 5.74) is 0.713. The predicted octanol–water partition coefficient (Wildman–Crippen LogP) is 0.650. The Labute approximate surface area is 123 Å². The van der Waals surface area contributed by atoms with Crippen LogP contribution in [0.15, 0.2) is 21.3 Å². The summed E-state index contributed by atoms with van der Waals surface area (Å²) in [7, 11) is 0. The first kappa shape index (κ1) is 12.7. The van der Waals surface area contributed by atoms with Crippen LogP contribution in [0.2, 0.25) is 0 Å². The number of nitrogens with one attached hydrogen (secondary N) is 2. The van der Waals surface area contributed by atoms with E-state index >= 15 is 0 Å². The topological polar surface area (TPSA) is 136 Å². The van der Waals surface area contributed by atoms with Crippen molar-refractivity contribution < 1.29 is 13.8 Å². The standard InChI is InChI=1S/C12H11N7O3/c20-12(8-4-14-19-16-8)13-5-10-15-11(18-22-10)7-3-9(21-17-7)6-1-2-6/h3-4,6H,1-2,5H2,(H,13,20)(H,14,16,19). The molecule has 1 saturated carbocycles. The molecule has 0 spiro atoms. The van der Waals surface area contributed by atoms with E-state index in [0.29, 0.717) is 17.4 Å². The van der Waals surface area contributed by atoms with E-state index < -0.39 is 0 Å². The van der Waals surface area contributed by atoms with Crippen LogP contribution < -0.4 is 5.32 Å². The van der Waals surface area contributed by atoms with Crippen LogP contribution in [0.5, 0.6) is 0 Å². The Morgan fingerprint density at radius 2 is 2.27 bits per heavy atom. The van der Waals surface area contributed by atoms with Gasteiger partial charge < -0.3 is 14.4 Å². The van der Waals surface area contributed by atoms with Gasteiger partial charge in [-0.2, -0.15) is 20.4 Å². The molecular weight excluding hydrogens is 290 g/mol. The number of carbonyl (C=O) groups excluding carboxylic acids is 1. The van der Waals surface area contributed by atoms with Crippen molar-refractivity contribution in [3.8, 4) is 11.5 Å². The van der Waals surface area contributed by atoms with Crippen LogP contribution in [0.25, 0.3) is 11.5 Å². The molecule has 3 aromatic rings. The Morgan fingerprint density at radius 1 is 1.36 bits per heavy atom. The van der Waals surface area contributed by atoms with Crippen molar-refractivity contribution >= 4 is 5.91 Å². The van der Waals surface area contributed by atoms with Crippen molar-refractivity contribution in [3.63, 3.8) is 0 Å². The van der Waals surface area contributed by atoms with Gasteiger partial charge >= 0.3 is 0 Å². The zero-order valence-electron chi connectivity index (χ0n) is 11.3. The van der Waals surface area contributed by atoms with E-state index in [-0.39, 0.29) is 24.0 Å². The summed E-state index contributed by atoms with van der Waals surface area (Å²) in [6, 6.07) is 1.82. The monoisotopic (exact) mass is 301 g/mol. The Kier molecular flexibility index (Phi) is 2.92. The second kappa shape index (κ2) is 5.06. The van der Waals surface area contributed by atoms with Gasteiger partial charge in [0.1, 0.15) is 5.76 Å². The molecule has 1 amide bonds. The highest BCUT2D eigenvalue weighted by Gasteiger charge is 2.28. The second-order valence-electron chi connectivity index (χ2n) is 4.94. The summed E-state index contributed by atoms with van der Waals surface area (Å²) >= 11 is 0. The molecule has 0 bridgehead atoms. The van der Waals surface area contributed by atoms with Gasteiger partial charge in [-0.05, 0) is 12.8 Å². The molecule has 10 heteroatoms. The van der Waals surface area contributed by atoms with Gasteiger partial charge in [0.15, 0.2) is 11.4 Å². The normalized spacial score (nSPS) is 14.2. The minimum absolute atomic E-state index is 0.0893. The molecule has 3 aromatic heterocycles. The van der Waals surface area contributed by atoms with Crippen molar-refractivity contribution in [1.29, 1.82) is 0 Å². The molecule has 1 fully saturated rings. The number of carbonyl (C=O) groups is 1. The third-order valence-corrected chi connectivity index (χ3v) is 3.25. The highest BCUT2D eigenvalue weighted by molar-refractivity contribution is 5.91. The molecule has 0 aliphatic heterocycles. The number of hydrogen-bond acceptors (Lipinski definition) is 8. The number of rotatable bonds is 5. The highest BCUT2D eigenvalue weighted by atomic mass is 16.5. The summed E-state index contributed by atoms with van der Waals surface area (Å²) in [4.78, 5) is 15.9. The summed E-state index contributed by atoms with van der Waals surface area (Å²) in [5, 5.41) is 19.9. The molecule has 1 aliphatic rings. The van der Waals surface area contributed by atoms with Crippen LogP contribution in [-0.2, 0) is 6.54 Å². The summed E-state index contributed by atoms with van der Waals surface area (Å²) in [6.07, 6.45) is 3.57. The van der Waals surface area contributed by atoms with Crippen molar-refractivity contribution in [2.75, 3.05) is 0 Å². The minimum atomic E-state index is -0.383. The number of hydrogen-bond donors (Lipinski definition) is 2. The minimum Gasteiger partial charge on any atom is -0.360 e. The smallest absolute Gasteiger partial charge is 0.273 e. The lowest BCUT2D eigenvalue weighted by Gasteiger charge is -1.96. The van der Waals surface area contributed by atoms with Gasteiger partial charge in [-0.3, -0.25) is 4.79 Å². The van der Waals surface area contributed by atoms with Crippen LogP contribution in [0.1, 0.15) is 40.9 Å². The SMILES string of the molecule is O=C(NCc1nc(-c2cc(C3CC3)on2)no1)c1cn[nH]n1. The molecule has 0 radical (unpaired) electrons. The molecule has 0 unspecified atom stereocenters. The Morgan fingerprint density at radius 3 is 3.05 bits per heavy atom. The maximum absolute atomic E-state index is 11.7. The fourth-order valence-corrected chi connectivity index (χ4v) is 1.94. The Bertz CT molecular complexity index is 787. The lowest BCUT2D eigenvalue weighted by molar-refractivity contribution is 0.0941. The van der Waals surface area contributed by atoms with Crippen LogP contribution in [0, 0.1) is 0 Å². The predicted molar refractivity (Wildman–Crippen MR) is 69.3 cm³/mol. The Hall–Kier alpha value is -3.04. The van der Waals surface area contributed by atoms with Crippen molar-refractivity contribution in [2.24, 2.45) is 0 Å². The van der Waals surface area contributed by atoms with Crippen molar-refractivity contribution in [2.45, 2.75) is 25.3 Å². The number of H-pyrrole nitrogens is 1. The number of nitrogens with zero attached hydrogens (tertiary/aromatic N) is 5. The molecule has 1 aliphatic carbocycles. The molecule has 4 rings (SSSR count). The largest absolute Gasteiger partial charge is 0.360 e. The fraction of sp³-hybridized carbons (Fsp3) is 0.333. The average Bonchev–Trinajstić information content (AvgIpc) is 3.02. The van der Waals surface area contributed by atoms with Crippen LogP contribution in [0.3, 0.4) is 0 Å². The van der Waals surface area contributed by atoms with Gasteiger partial charge in [-0.25, -0.2) is 0 Å². The van der Waals surface area contributed by atoms with Crippen LogP contribution in [-0.4, -0.2) is 36.6 Å². The van der Waals surface area contributed by atoms with E-state index in [2.05, 4.69) is 36.0 Å². The molecule has 0 aromatic carbocycles. The molecule has 2 N–H and O–H groups in total. The molecule has 3 heterocycles. The fourth-order valence-electron chi connectivity index (χ4n) is 1.94. The Balaban J connectivity index is 1.41. The highest BCUT2D eigenvalue weighted by Crippen LogP contribution is 2.40. The molecular formula is C12H11N7O3. The van der Waals surface area contributed by atoms with Crippen molar-refractivity contribution in [3.05, 3.63) is 29.6 Å².